The molecular formula is C14H25N3OS. The summed E-state index contributed by atoms with van der Waals surface area (Å²) in [4.78, 5) is 7.15. The molecule has 0 aromatic carbocycles. The fourth-order valence-electron chi connectivity index (χ4n) is 2.49. The Labute approximate surface area is 120 Å². The number of piperidine rings is 1. The maximum Gasteiger partial charge on any atom is 0.107 e. The summed E-state index contributed by atoms with van der Waals surface area (Å²) in [5.74, 6) is 0. The molecule has 19 heavy (non-hydrogen) atoms. The largest absolute Gasteiger partial charge is 0.377 e. The van der Waals surface area contributed by atoms with Gasteiger partial charge in [-0.1, -0.05) is 6.92 Å². The van der Waals surface area contributed by atoms with Crippen LogP contribution in [0.25, 0.3) is 0 Å². The monoisotopic (exact) mass is 283 g/mol. The van der Waals surface area contributed by atoms with Gasteiger partial charge in [-0.05, 0) is 32.9 Å². The van der Waals surface area contributed by atoms with Crippen LogP contribution >= 0.6 is 11.3 Å². The smallest absolute Gasteiger partial charge is 0.107 e. The van der Waals surface area contributed by atoms with E-state index in [-0.39, 0.29) is 0 Å². The van der Waals surface area contributed by atoms with E-state index in [1.165, 1.54) is 30.1 Å². The SMILES string of the molecule is CCNCc1nc(CN2CCCC(OCC)C2)cs1. The second kappa shape index (κ2) is 7.94. The van der Waals surface area contributed by atoms with Crippen molar-refractivity contribution in [1.29, 1.82) is 0 Å². The van der Waals surface area contributed by atoms with Gasteiger partial charge in [0.05, 0.1) is 11.8 Å². The zero-order chi connectivity index (χ0) is 13.5. The Hall–Kier alpha value is -0.490. The van der Waals surface area contributed by atoms with Gasteiger partial charge in [-0.3, -0.25) is 4.90 Å². The van der Waals surface area contributed by atoms with Crippen molar-refractivity contribution < 1.29 is 4.74 Å². The quantitative estimate of drug-likeness (QED) is 0.833. The molecule has 2 heterocycles. The zero-order valence-electron chi connectivity index (χ0n) is 12.0. The van der Waals surface area contributed by atoms with Gasteiger partial charge in [0.2, 0.25) is 0 Å². The predicted molar refractivity (Wildman–Crippen MR) is 79.4 cm³/mol. The van der Waals surface area contributed by atoms with Crippen LogP contribution in [0.4, 0.5) is 0 Å². The molecule has 0 bridgehead atoms. The highest BCUT2D eigenvalue weighted by Crippen LogP contribution is 2.17. The van der Waals surface area contributed by atoms with Gasteiger partial charge < -0.3 is 10.1 Å². The molecule has 0 aliphatic carbocycles. The zero-order valence-corrected chi connectivity index (χ0v) is 12.8. The summed E-state index contributed by atoms with van der Waals surface area (Å²) in [6.07, 6.45) is 2.85. The second-order valence-corrected chi connectivity index (χ2v) is 5.91. The summed E-state index contributed by atoms with van der Waals surface area (Å²) in [5, 5.41) is 6.70. The molecule has 1 saturated heterocycles. The second-order valence-electron chi connectivity index (χ2n) is 4.97. The molecule has 2 rings (SSSR count). The summed E-state index contributed by atoms with van der Waals surface area (Å²) in [6.45, 7) is 10.1. The first-order chi connectivity index (χ1) is 9.31. The molecule has 5 heteroatoms. The van der Waals surface area contributed by atoms with Crippen LogP contribution in [-0.2, 0) is 17.8 Å². The third-order valence-electron chi connectivity index (χ3n) is 3.38. The molecule has 1 fully saturated rings. The van der Waals surface area contributed by atoms with E-state index in [1.807, 2.05) is 0 Å². The molecule has 1 aliphatic rings. The normalized spacial score (nSPS) is 20.8. The van der Waals surface area contributed by atoms with Crippen LogP contribution in [0.2, 0.25) is 0 Å². The van der Waals surface area contributed by atoms with Gasteiger partial charge in [0, 0.05) is 31.6 Å². The Balaban J connectivity index is 1.81. The maximum absolute atomic E-state index is 5.74. The Bertz CT molecular complexity index is 367. The molecule has 1 unspecified atom stereocenters. The number of hydrogen-bond donors (Lipinski definition) is 1. The van der Waals surface area contributed by atoms with Gasteiger partial charge in [0.25, 0.3) is 0 Å². The number of thiazole rings is 1. The standard InChI is InChI=1S/C14H25N3OS/c1-3-15-8-14-16-12(11-19-14)9-17-7-5-6-13(10-17)18-4-2/h11,13,15H,3-10H2,1-2H3. The van der Waals surface area contributed by atoms with Crippen molar-refractivity contribution in [1.82, 2.24) is 15.2 Å². The van der Waals surface area contributed by atoms with E-state index in [9.17, 15) is 0 Å². The molecule has 1 N–H and O–H groups in total. The van der Waals surface area contributed by atoms with E-state index in [4.69, 9.17) is 4.74 Å². The van der Waals surface area contributed by atoms with Crippen LogP contribution in [0.15, 0.2) is 5.38 Å². The number of nitrogens with zero attached hydrogens (tertiary/aromatic N) is 2. The third kappa shape index (κ3) is 4.84. The first-order valence-corrected chi connectivity index (χ1v) is 8.17. The first-order valence-electron chi connectivity index (χ1n) is 7.29. The molecule has 1 atom stereocenters. The van der Waals surface area contributed by atoms with Crippen LogP contribution in [0, 0.1) is 0 Å². The number of ether oxygens (including phenoxy) is 1. The van der Waals surface area contributed by atoms with E-state index in [0.717, 1.165) is 32.8 Å². The molecule has 108 valence electrons. The van der Waals surface area contributed by atoms with Gasteiger partial charge >= 0.3 is 0 Å². The van der Waals surface area contributed by atoms with Crippen molar-refractivity contribution in [3.8, 4) is 0 Å². The fraction of sp³-hybridized carbons (Fsp3) is 0.786. The Morgan fingerprint density at radius 1 is 1.53 bits per heavy atom. The fourth-order valence-corrected chi connectivity index (χ4v) is 3.25. The Morgan fingerprint density at radius 2 is 2.42 bits per heavy atom. The van der Waals surface area contributed by atoms with Gasteiger partial charge in [0.15, 0.2) is 0 Å². The van der Waals surface area contributed by atoms with E-state index < -0.39 is 0 Å². The van der Waals surface area contributed by atoms with E-state index in [0.29, 0.717) is 6.10 Å². The van der Waals surface area contributed by atoms with E-state index >= 15 is 0 Å². The highest BCUT2D eigenvalue weighted by Gasteiger charge is 2.20. The predicted octanol–water partition coefficient (Wildman–Crippen LogP) is 2.25. The lowest BCUT2D eigenvalue weighted by Crippen LogP contribution is -2.39. The van der Waals surface area contributed by atoms with Gasteiger partial charge in [-0.2, -0.15) is 0 Å². The first kappa shape index (κ1) is 14.9. The highest BCUT2D eigenvalue weighted by atomic mass is 32.1. The minimum absolute atomic E-state index is 0.415. The molecule has 1 aromatic heterocycles. The molecule has 0 saturated carbocycles. The number of aromatic nitrogens is 1. The Kier molecular flexibility index (Phi) is 6.23. The lowest BCUT2D eigenvalue weighted by atomic mass is 10.1. The van der Waals surface area contributed by atoms with Gasteiger partial charge in [-0.15, -0.1) is 11.3 Å². The average molecular weight is 283 g/mol. The van der Waals surface area contributed by atoms with Crippen LogP contribution in [0.3, 0.4) is 0 Å². The van der Waals surface area contributed by atoms with Gasteiger partial charge in [-0.25, -0.2) is 4.98 Å². The molecule has 0 radical (unpaired) electrons. The molecule has 0 spiro atoms. The average Bonchev–Trinajstić information content (AvgIpc) is 2.85. The summed E-state index contributed by atoms with van der Waals surface area (Å²) >= 11 is 1.76. The topological polar surface area (TPSA) is 37.4 Å². The number of rotatable bonds is 7. The van der Waals surface area contributed by atoms with Crippen LogP contribution in [0.1, 0.15) is 37.4 Å². The highest BCUT2D eigenvalue weighted by molar-refractivity contribution is 7.09. The summed E-state index contributed by atoms with van der Waals surface area (Å²) in [7, 11) is 0. The van der Waals surface area contributed by atoms with Crippen molar-refractivity contribution >= 4 is 11.3 Å². The third-order valence-corrected chi connectivity index (χ3v) is 4.27. The lowest BCUT2D eigenvalue weighted by molar-refractivity contribution is 0.00335. The van der Waals surface area contributed by atoms with Crippen molar-refractivity contribution in [2.75, 3.05) is 26.2 Å². The molecule has 4 nitrogen and oxygen atoms in total. The van der Waals surface area contributed by atoms with Crippen molar-refractivity contribution in [3.05, 3.63) is 16.1 Å². The maximum atomic E-state index is 5.74. The Morgan fingerprint density at radius 3 is 3.21 bits per heavy atom. The number of nitrogens with one attached hydrogen (secondary N) is 1. The molecule has 0 amide bonds. The minimum atomic E-state index is 0.415. The van der Waals surface area contributed by atoms with E-state index in [1.54, 1.807) is 11.3 Å². The van der Waals surface area contributed by atoms with Crippen molar-refractivity contribution in [2.45, 2.75) is 45.9 Å². The number of likely N-dealkylation sites (tertiary alicyclic amines) is 1. The summed E-state index contributed by atoms with van der Waals surface area (Å²) in [6, 6.07) is 0. The van der Waals surface area contributed by atoms with Crippen LogP contribution in [0.5, 0.6) is 0 Å². The van der Waals surface area contributed by atoms with E-state index in [2.05, 4.69) is 34.4 Å². The van der Waals surface area contributed by atoms with Crippen LogP contribution in [-0.4, -0.2) is 42.2 Å². The van der Waals surface area contributed by atoms with Crippen molar-refractivity contribution in [3.63, 3.8) is 0 Å². The summed E-state index contributed by atoms with van der Waals surface area (Å²) < 4.78 is 5.74. The lowest BCUT2D eigenvalue weighted by Gasteiger charge is -2.31. The molecule has 1 aromatic rings. The van der Waals surface area contributed by atoms with Crippen LogP contribution < -0.4 is 5.32 Å². The molecular weight excluding hydrogens is 258 g/mol. The van der Waals surface area contributed by atoms with Crippen molar-refractivity contribution in [2.24, 2.45) is 0 Å². The number of hydrogen-bond acceptors (Lipinski definition) is 5. The minimum Gasteiger partial charge on any atom is -0.377 e. The molecule has 1 aliphatic heterocycles. The summed E-state index contributed by atoms with van der Waals surface area (Å²) in [5.41, 5.74) is 1.20. The van der Waals surface area contributed by atoms with Gasteiger partial charge in [0.1, 0.15) is 5.01 Å².